The molecule has 0 aromatic carbocycles. The molecule has 2 fully saturated rings. The average molecular weight is 304 g/mol. The van der Waals surface area contributed by atoms with E-state index in [1.807, 2.05) is 0 Å². The number of piperidine rings is 1. The Labute approximate surface area is 129 Å². The quantitative estimate of drug-likeness (QED) is 0.866. The predicted molar refractivity (Wildman–Crippen MR) is 85.1 cm³/mol. The van der Waals surface area contributed by atoms with Gasteiger partial charge in [-0.3, -0.25) is 9.69 Å². The third-order valence-corrected chi connectivity index (χ3v) is 4.71. The maximum Gasteiger partial charge on any atom is 0.239 e. The second kappa shape index (κ2) is 8.85. The Balaban J connectivity index is 0.00000200. The van der Waals surface area contributed by atoms with Crippen LogP contribution in [-0.2, 0) is 4.79 Å². The summed E-state index contributed by atoms with van der Waals surface area (Å²) in [7, 11) is 0. The Kier molecular flexibility index (Phi) is 7.85. The molecule has 0 spiro atoms. The van der Waals surface area contributed by atoms with Crippen molar-refractivity contribution in [1.82, 2.24) is 9.80 Å². The van der Waals surface area contributed by atoms with Crippen LogP contribution in [0.4, 0.5) is 0 Å². The molecule has 4 nitrogen and oxygen atoms in total. The Hall–Kier alpha value is -0.320. The molecule has 2 saturated heterocycles. The Morgan fingerprint density at radius 3 is 2.40 bits per heavy atom. The molecule has 5 heteroatoms. The molecule has 0 aromatic heterocycles. The lowest BCUT2D eigenvalue weighted by atomic mass is 9.97. The lowest BCUT2D eigenvalue weighted by molar-refractivity contribution is -0.137. The highest BCUT2D eigenvalue weighted by molar-refractivity contribution is 5.85. The summed E-state index contributed by atoms with van der Waals surface area (Å²) in [5, 5.41) is 0. The van der Waals surface area contributed by atoms with Crippen LogP contribution in [0, 0.1) is 5.92 Å². The van der Waals surface area contributed by atoms with E-state index in [1.165, 1.54) is 38.5 Å². The van der Waals surface area contributed by atoms with Gasteiger partial charge in [0.05, 0.1) is 6.04 Å². The number of hydrogen-bond acceptors (Lipinski definition) is 3. The van der Waals surface area contributed by atoms with E-state index in [0.717, 1.165) is 32.7 Å². The summed E-state index contributed by atoms with van der Waals surface area (Å²) in [6.45, 7) is 6.79. The smallest absolute Gasteiger partial charge is 0.239 e. The van der Waals surface area contributed by atoms with Gasteiger partial charge in [-0.2, -0.15) is 0 Å². The molecule has 0 aliphatic carbocycles. The minimum absolute atomic E-state index is 0. The van der Waals surface area contributed by atoms with Gasteiger partial charge in [-0.1, -0.05) is 12.8 Å². The molecule has 118 valence electrons. The molecule has 2 aliphatic rings. The van der Waals surface area contributed by atoms with Crippen LogP contribution in [0.2, 0.25) is 0 Å². The molecule has 0 radical (unpaired) electrons. The summed E-state index contributed by atoms with van der Waals surface area (Å²) in [5.41, 5.74) is 5.78. The first kappa shape index (κ1) is 17.7. The second-order valence-electron chi connectivity index (χ2n) is 6.15. The zero-order valence-electron chi connectivity index (χ0n) is 12.7. The standard InChI is InChI=1S/C15H29N3O.ClH/c1-13(18-10-6-7-14(11-16)12-18)15(19)17-8-4-2-3-5-9-17;/h13-14H,2-12,16H2,1H3;1H. The number of carbonyl (C=O) groups is 1. The molecular formula is C15H30ClN3O. The molecule has 2 unspecified atom stereocenters. The predicted octanol–water partition coefficient (Wildman–Crippen LogP) is 1.87. The number of likely N-dealkylation sites (tertiary alicyclic amines) is 2. The molecule has 0 bridgehead atoms. The van der Waals surface area contributed by atoms with Crippen molar-refractivity contribution in [3.63, 3.8) is 0 Å². The van der Waals surface area contributed by atoms with Gasteiger partial charge in [0.2, 0.25) is 5.91 Å². The lowest BCUT2D eigenvalue weighted by Crippen LogP contribution is -2.51. The summed E-state index contributed by atoms with van der Waals surface area (Å²) in [6, 6.07) is 0.0347. The van der Waals surface area contributed by atoms with E-state index in [4.69, 9.17) is 5.73 Å². The first-order valence-corrected chi connectivity index (χ1v) is 7.95. The molecule has 0 aromatic rings. The minimum atomic E-state index is 0. The molecule has 0 saturated carbocycles. The fraction of sp³-hybridized carbons (Fsp3) is 0.933. The average Bonchev–Trinajstić information content (AvgIpc) is 2.75. The van der Waals surface area contributed by atoms with Crippen molar-refractivity contribution >= 4 is 18.3 Å². The van der Waals surface area contributed by atoms with Crippen LogP contribution in [0.5, 0.6) is 0 Å². The van der Waals surface area contributed by atoms with E-state index < -0.39 is 0 Å². The number of amides is 1. The van der Waals surface area contributed by atoms with Crippen molar-refractivity contribution in [3.05, 3.63) is 0 Å². The van der Waals surface area contributed by atoms with Crippen molar-refractivity contribution in [2.24, 2.45) is 11.7 Å². The van der Waals surface area contributed by atoms with Gasteiger partial charge in [0.15, 0.2) is 0 Å². The summed E-state index contributed by atoms with van der Waals surface area (Å²) in [5.74, 6) is 0.910. The first-order valence-electron chi connectivity index (χ1n) is 7.95. The fourth-order valence-electron chi connectivity index (χ4n) is 3.35. The number of nitrogens with two attached hydrogens (primary N) is 1. The van der Waals surface area contributed by atoms with Gasteiger partial charge in [0, 0.05) is 19.6 Å². The van der Waals surface area contributed by atoms with Gasteiger partial charge in [0.25, 0.3) is 0 Å². The van der Waals surface area contributed by atoms with Crippen LogP contribution < -0.4 is 5.73 Å². The maximum atomic E-state index is 12.6. The molecule has 1 amide bonds. The van der Waals surface area contributed by atoms with Crippen molar-refractivity contribution < 1.29 is 4.79 Å². The van der Waals surface area contributed by atoms with E-state index in [9.17, 15) is 4.79 Å². The van der Waals surface area contributed by atoms with Gasteiger partial charge in [-0.15, -0.1) is 12.4 Å². The maximum absolute atomic E-state index is 12.6. The molecule has 2 N–H and O–H groups in total. The first-order chi connectivity index (χ1) is 9.22. The fourth-order valence-corrected chi connectivity index (χ4v) is 3.35. The zero-order chi connectivity index (χ0) is 13.7. The molecular weight excluding hydrogens is 274 g/mol. The van der Waals surface area contributed by atoms with Crippen LogP contribution in [0.3, 0.4) is 0 Å². The normalized spacial score (nSPS) is 26.5. The van der Waals surface area contributed by atoms with Gasteiger partial charge in [0.1, 0.15) is 0 Å². The summed E-state index contributed by atoms with van der Waals surface area (Å²) < 4.78 is 0. The van der Waals surface area contributed by atoms with Gasteiger partial charge < -0.3 is 10.6 Å². The van der Waals surface area contributed by atoms with Gasteiger partial charge >= 0.3 is 0 Å². The van der Waals surface area contributed by atoms with Gasteiger partial charge in [-0.05, 0) is 51.6 Å². The largest absolute Gasteiger partial charge is 0.341 e. The van der Waals surface area contributed by atoms with E-state index in [1.54, 1.807) is 0 Å². The van der Waals surface area contributed by atoms with Crippen LogP contribution in [-0.4, -0.2) is 54.5 Å². The van der Waals surface area contributed by atoms with Crippen LogP contribution >= 0.6 is 12.4 Å². The lowest BCUT2D eigenvalue weighted by Gasteiger charge is -2.37. The molecule has 2 rings (SSSR count). The highest BCUT2D eigenvalue weighted by Gasteiger charge is 2.29. The second-order valence-corrected chi connectivity index (χ2v) is 6.15. The topological polar surface area (TPSA) is 49.6 Å². The van der Waals surface area contributed by atoms with E-state index >= 15 is 0 Å². The number of rotatable bonds is 3. The Morgan fingerprint density at radius 1 is 1.15 bits per heavy atom. The van der Waals surface area contributed by atoms with E-state index in [0.29, 0.717) is 11.8 Å². The van der Waals surface area contributed by atoms with Crippen LogP contribution in [0.1, 0.15) is 45.4 Å². The SMILES string of the molecule is CC(C(=O)N1CCCCCC1)N1CCCC(CN)C1.Cl. The number of carbonyl (C=O) groups excluding carboxylic acids is 1. The third kappa shape index (κ3) is 4.61. The number of hydrogen-bond donors (Lipinski definition) is 1. The Morgan fingerprint density at radius 2 is 1.80 bits per heavy atom. The Bertz CT molecular complexity index is 293. The van der Waals surface area contributed by atoms with Gasteiger partial charge in [-0.25, -0.2) is 0 Å². The van der Waals surface area contributed by atoms with Crippen LogP contribution in [0.25, 0.3) is 0 Å². The van der Waals surface area contributed by atoms with E-state index in [-0.39, 0.29) is 18.4 Å². The monoisotopic (exact) mass is 303 g/mol. The number of nitrogens with zero attached hydrogens (tertiary/aromatic N) is 2. The van der Waals surface area contributed by atoms with Crippen molar-refractivity contribution in [2.75, 3.05) is 32.7 Å². The highest BCUT2D eigenvalue weighted by atomic mass is 35.5. The van der Waals surface area contributed by atoms with E-state index in [2.05, 4.69) is 16.7 Å². The van der Waals surface area contributed by atoms with Crippen molar-refractivity contribution in [1.29, 1.82) is 0 Å². The zero-order valence-corrected chi connectivity index (χ0v) is 13.5. The summed E-state index contributed by atoms with van der Waals surface area (Å²) in [6.07, 6.45) is 7.29. The molecule has 2 aliphatic heterocycles. The molecule has 2 heterocycles. The minimum Gasteiger partial charge on any atom is -0.341 e. The van der Waals surface area contributed by atoms with Crippen molar-refractivity contribution in [2.45, 2.75) is 51.5 Å². The summed E-state index contributed by atoms with van der Waals surface area (Å²) in [4.78, 5) is 17.0. The molecule has 20 heavy (non-hydrogen) atoms. The molecule has 2 atom stereocenters. The number of halogens is 1. The summed E-state index contributed by atoms with van der Waals surface area (Å²) >= 11 is 0. The third-order valence-electron chi connectivity index (χ3n) is 4.71. The van der Waals surface area contributed by atoms with Crippen LogP contribution in [0.15, 0.2) is 0 Å². The highest BCUT2D eigenvalue weighted by Crippen LogP contribution is 2.19. The van der Waals surface area contributed by atoms with Crippen molar-refractivity contribution in [3.8, 4) is 0 Å².